The third-order valence-corrected chi connectivity index (χ3v) is 5.32. The molecule has 7 heteroatoms. The number of hydrogen-bond acceptors (Lipinski definition) is 5. The summed E-state index contributed by atoms with van der Waals surface area (Å²) in [5, 5.41) is 4.73. The summed E-state index contributed by atoms with van der Waals surface area (Å²) in [7, 11) is 1.63. The number of aryl methyl sites for hydroxylation is 2. The number of fused-ring (bicyclic) bond motifs is 2. The van der Waals surface area contributed by atoms with E-state index >= 15 is 0 Å². The van der Waals surface area contributed by atoms with Gasteiger partial charge in [-0.05, 0) is 43.7 Å². The highest BCUT2D eigenvalue weighted by molar-refractivity contribution is 5.57. The zero-order chi connectivity index (χ0) is 20.8. The Labute approximate surface area is 172 Å². The molecular formula is C23H20N4O3. The number of rotatable bonds is 3. The SMILES string of the molecule is COc1ccc(C2c3c(C)nn(-c4ccccc4)c3Oc3nc(C)[nH]c(=O)c32)cc1. The summed E-state index contributed by atoms with van der Waals surface area (Å²) in [6.07, 6.45) is 0. The number of benzene rings is 2. The summed E-state index contributed by atoms with van der Waals surface area (Å²) in [6.45, 7) is 3.67. The second-order valence-electron chi connectivity index (χ2n) is 7.23. The van der Waals surface area contributed by atoms with Crippen LogP contribution in [0, 0.1) is 13.8 Å². The average molecular weight is 400 g/mol. The van der Waals surface area contributed by atoms with Crippen molar-refractivity contribution in [2.24, 2.45) is 0 Å². The van der Waals surface area contributed by atoms with Crippen LogP contribution in [0.15, 0.2) is 59.4 Å². The molecule has 0 saturated carbocycles. The first kappa shape index (κ1) is 18.2. The normalized spacial score (nSPS) is 14.6. The summed E-state index contributed by atoms with van der Waals surface area (Å²) < 4.78 is 13.3. The summed E-state index contributed by atoms with van der Waals surface area (Å²) in [4.78, 5) is 20.3. The summed E-state index contributed by atoms with van der Waals surface area (Å²) in [5.41, 5.74) is 3.73. The minimum atomic E-state index is -0.357. The van der Waals surface area contributed by atoms with E-state index in [1.165, 1.54) is 0 Å². The molecule has 4 aromatic rings. The Hall–Kier alpha value is -3.87. The molecule has 1 aliphatic rings. The van der Waals surface area contributed by atoms with Gasteiger partial charge in [-0.3, -0.25) is 4.79 Å². The maximum Gasteiger partial charge on any atom is 0.258 e. The Morgan fingerprint density at radius 1 is 1.03 bits per heavy atom. The molecule has 150 valence electrons. The van der Waals surface area contributed by atoms with E-state index in [2.05, 4.69) is 9.97 Å². The van der Waals surface area contributed by atoms with Gasteiger partial charge in [-0.2, -0.15) is 10.1 Å². The van der Waals surface area contributed by atoms with Gasteiger partial charge in [0.05, 0.1) is 35.5 Å². The van der Waals surface area contributed by atoms with Gasteiger partial charge in [-0.15, -0.1) is 0 Å². The number of para-hydroxylation sites is 1. The first-order chi connectivity index (χ1) is 14.6. The highest BCUT2D eigenvalue weighted by Crippen LogP contribution is 2.47. The molecule has 0 amide bonds. The van der Waals surface area contributed by atoms with Crippen LogP contribution in [-0.4, -0.2) is 26.9 Å². The number of aromatic nitrogens is 4. The first-order valence-electron chi connectivity index (χ1n) is 9.64. The van der Waals surface area contributed by atoms with E-state index in [0.717, 1.165) is 28.3 Å². The van der Waals surface area contributed by atoms with Crippen molar-refractivity contribution in [1.82, 2.24) is 19.7 Å². The molecule has 0 aliphatic carbocycles. The van der Waals surface area contributed by atoms with Crippen molar-refractivity contribution in [1.29, 1.82) is 0 Å². The Morgan fingerprint density at radius 3 is 2.47 bits per heavy atom. The van der Waals surface area contributed by atoms with Gasteiger partial charge in [-0.25, -0.2) is 4.68 Å². The van der Waals surface area contributed by atoms with Crippen molar-refractivity contribution in [3.8, 4) is 23.2 Å². The fraction of sp³-hybridized carbons (Fsp3) is 0.174. The van der Waals surface area contributed by atoms with Gasteiger partial charge in [0, 0.05) is 0 Å². The molecular weight excluding hydrogens is 380 g/mol. The molecule has 30 heavy (non-hydrogen) atoms. The summed E-state index contributed by atoms with van der Waals surface area (Å²) >= 11 is 0. The fourth-order valence-corrected chi connectivity index (χ4v) is 3.96. The Bertz CT molecular complexity index is 1290. The van der Waals surface area contributed by atoms with Gasteiger partial charge < -0.3 is 14.5 Å². The molecule has 1 atom stereocenters. The van der Waals surface area contributed by atoms with Gasteiger partial charge >= 0.3 is 0 Å². The molecule has 2 aromatic carbocycles. The molecule has 0 bridgehead atoms. The van der Waals surface area contributed by atoms with Crippen LogP contribution in [0.1, 0.15) is 34.1 Å². The predicted octanol–water partition coefficient (Wildman–Crippen LogP) is 3.87. The van der Waals surface area contributed by atoms with Crippen molar-refractivity contribution in [3.63, 3.8) is 0 Å². The van der Waals surface area contributed by atoms with Gasteiger partial charge in [0.2, 0.25) is 11.8 Å². The van der Waals surface area contributed by atoms with Gasteiger partial charge in [0.15, 0.2) is 0 Å². The molecule has 0 fully saturated rings. The second-order valence-corrected chi connectivity index (χ2v) is 7.23. The third-order valence-electron chi connectivity index (χ3n) is 5.32. The van der Waals surface area contributed by atoms with E-state index in [1.807, 2.05) is 61.5 Å². The van der Waals surface area contributed by atoms with E-state index < -0.39 is 0 Å². The van der Waals surface area contributed by atoms with Crippen molar-refractivity contribution < 1.29 is 9.47 Å². The van der Waals surface area contributed by atoms with Crippen LogP contribution in [0.3, 0.4) is 0 Å². The molecule has 0 radical (unpaired) electrons. The first-order valence-corrected chi connectivity index (χ1v) is 9.64. The lowest BCUT2D eigenvalue weighted by Gasteiger charge is -2.25. The predicted molar refractivity (Wildman–Crippen MR) is 112 cm³/mol. The number of aromatic amines is 1. The molecule has 1 N–H and O–H groups in total. The maximum absolute atomic E-state index is 13.0. The Balaban J connectivity index is 1.79. The number of methoxy groups -OCH3 is 1. The zero-order valence-electron chi connectivity index (χ0n) is 16.8. The van der Waals surface area contributed by atoms with Gasteiger partial charge in [0.25, 0.3) is 5.56 Å². The monoisotopic (exact) mass is 400 g/mol. The highest BCUT2D eigenvalue weighted by atomic mass is 16.5. The Kier molecular flexibility index (Phi) is 4.17. The van der Waals surface area contributed by atoms with Crippen LogP contribution < -0.4 is 15.0 Å². The van der Waals surface area contributed by atoms with Gasteiger partial charge in [0.1, 0.15) is 11.6 Å². The van der Waals surface area contributed by atoms with E-state index in [4.69, 9.17) is 14.6 Å². The quantitative estimate of drug-likeness (QED) is 0.497. The van der Waals surface area contributed by atoms with Crippen LogP contribution in [0.5, 0.6) is 17.5 Å². The topological polar surface area (TPSA) is 82.0 Å². The molecule has 5 rings (SSSR count). The second kappa shape index (κ2) is 6.88. The van der Waals surface area contributed by atoms with Crippen LogP contribution >= 0.6 is 0 Å². The van der Waals surface area contributed by atoms with E-state index in [9.17, 15) is 4.79 Å². The number of nitrogens with zero attached hydrogens (tertiary/aromatic N) is 3. The average Bonchev–Trinajstić information content (AvgIpc) is 3.09. The standard InChI is InChI=1S/C23H20N4O3/c1-13-18-19(15-9-11-17(29-3)12-10-15)20-21(28)24-14(2)25-22(20)30-23(18)27(26-13)16-7-5-4-6-8-16/h4-12,19H,1-3H3,(H,24,25,28). The summed E-state index contributed by atoms with van der Waals surface area (Å²) in [6, 6.07) is 17.5. The Morgan fingerprint density at radius 2 is 1.77 bits per heavy atom. The highest BCUT2D eigenvalue weighted by Gasteiger charge is 2.37. The van der Waals surface area contributed by atoms with E-state index in [1.54, 1.807) is 18.7 Å². The molecule has 0 saturated heterocycles. The molecule has 0 spiro atoms. The lowest BCUT2D eigenvalue weighted by atomic mass is 9.84. The van der Waals surface area contributed by atoms with E-state index in [-0.39, 0.29) is 11.5 Å². The number of ether oxygens (including phenoxy) is 2. The lowest BCUT2D eigenvalue weighted by molar-refractivity contribution is 0.399. The summed E-state index contributed by atoms with van der Waals surface area (Å²) in [5.74, 6) is 1.77. The van der Waals surface area contributed by atoms with Crippen molar-refractivity contribution in [2.75, 3.05) is 7.11 Å². The van der Waals surface area contributed by atoms with Crippen LogP contribution in [0.4, 0.5) is 0 Å². The minimum absolute atomic E-state index is 0.212. The number of hydrogen-bond donors (Lipinski definition) is 1. The van der Waals surface area contributed by atoms with Crippen LogP contribution in [-0.2, 0) is 0 Å². The molecule has 1 unspecified atom stereocenters. The third kappa shape index (κ3) is 2.78. The van der Waals surface area contributed by atoms with Crippen LogP contribution in [0.2, 0.25) is 0 Å². The lowest BCUT2D eigenvalue weighted by Crippen LogP contribution is -2.25. The molecule has 2 aromatic heterocycles. The largest absolute Gasteiger partial charge is 0.497 e. The fourth-order valence-electron chi connectivity index (χ4n) is 3.96. The molecule has 7 nitrogen and oxygen atoms in total. The zero-order valence-corrected chi connectivity index (χ0v) is 16.8. The smallest absolute Gasteiger partial charge is 0.258 e. The molecule has 1 aliphatic heterocycles. The number of H-pyrrole nitrogens is 1. The van der Waals surface area contributed by atoms with E-state index in [0.29, 0.717) is 23.1 Å². The van der Waals surface area contributed by atoms with Crippen LogP contribution in [0.25, 0.3) is 5.69 Å². The van der Waals surface area contributed by atoms with Crippen molar-refractivity contribution in [3.05, 3.63) is 93.2 Å². The van der Waals surface area contributed by atoms with Crippen molar-refractivity contribution >= 4 is 0 Å². The maximum atomic E-state index is 13.0. The van der Waals surface area contributed by atoms with Gasteiger partial charge in [-0.1, -0.05) is 30.3 Å². The van der Waals surface area contributed by atoms with Crippen molar-refractivity contribution in [2.45, 2.75) is 19.8 Å². The molecule has 3 heterocycles. The number of nitrogens with one attached hydrogen (secondary N) is 1. The minimum Gasteiger partial charge on any atom is -0.497 e.